The smallest absolute Gasteiger partial charge is 0.0683 e. The molecule has 0 radical (unpaired) electrons. The van der Waals surface area contributed by atoms with Gasteiger partial charge in [-0.2, -0.15) is 0 Å². The monoisotopic (exact) mass is 509 g/mol. The molecule has 2 aliphatic rings. The molecule has 0 spiro atoms. The van der Waals surface area contributed by atoms with Gasteiger partial charge in [0, 0.05) is 0 Å². The third-order valence-electron chi connectivity index (χ3n) is 3.90. The number of nitrogens with one attached hydrogen (secondary N) is 3. The largest absolute Gasteiger partial charge is 0.0683 e. The minimum absolute atomic E-state index is 0.0121. The fourth-order valence-electron chi connectivity index (χ4n) is 2.80. The van der Waals surface area contributed by atoms with E-state index in [1.54, 1.807) is 0 Å². The Morgan fingerprint density at radius 2 is 2.30 bits per heavy atom. The molecule has 3 unspecified atom stereocenters. The van der Waals surface area contributed by atoms with E-state index in [4.69, 9.17) is 11.2 Å². The molecular weight excluding hydrogens is 487 g/mol. The molecule has 3 atom stereocenters. The fraction of sp³-hybridized carbons (Fsp3) is 0.600. The molecule has 3 rings (SSSR count). The number of terminal acetylenes is 1. The predicted octanol–water partition coefficient (Wildman–Crippen LogP) is 1.26. The second-order valence-electron chi connectivity index (χ2n) is 5.13. The van der Waals surface area contributed by atoms with Crippen LogP contribution in [0.5, 0.6) is 0 Å². The Labute approximate surface area is 152 Å². The molecule has 23 heavy (non-hydrogen) atoms. The molecule has 7 nitrogen and oxygen atoms in total. The van der Waals surface area contributed by atoms with Gasteiger partial charge in [-0.25, -0.2) is 0 Å². The molecule has 1 aromatic rings. The molecule has 3 heterocycles. The van der Waals surface area contributed by atoms with Crippen LogP contribution in [0.4, 0.5) is 17.5 Å². The second-order valence-corrected chi connectivity index (χ2v) is 6.25. The molecule has 1 aromatic heterocycles. The van der Waals surface area contributed by atoms with E-state index in [1.807, 2.05) is 18.7 Å². The Hall–Kier alpha value is -1.28. The summed E-state index contributed by atoms with van der Waals surface area (Å²) in [5.74, 6) is 3.94. The van der Waals surface area contributed by atoms with E-state index in [2.05, 4.69) is 31.3 Å². The van der Waals surface area contributed by atoms with Gasteiger partial charge in [-0.15, -0.1) is 0 Å². The summed E-state index contributed by atoms with van der Waals surface area (Å²) in [6, 6.07) is 0. The average Bonchev–Trinajstić information content (AvgIpc) is 3.19. The molecule has 0 aromatic carbocycles. The van der Waals surface area contributed by atoms with Gasteiger partial charge in [0.05, 0.1) is 0 Å². The summed E-state index contributed by atoms with van der Waals surface area (Å²) in [5.41, 5.74) is 0.311. The molecule has 0 amide bonds. The average molecular weight is 509 g/mol. The number of aromatic amines is 1. The van der Waals surface area contributed by atoms with Gasteiger partial charge in [0.25, 0.3) is 0 Å². The van der Waals surface area contributed by atoms with E-state index in [1.165, 1.54) is 0 Å². The minimum atomic E-state index is -0.229. The summed E-state index contributed by atoms with van der Waals surface area (Å²) in [4.78, 5) is 21.2. The van der Waals surface area contributed by atoms with Crippen LogP contribution in [0.15, 0.2) is 4.79 Å². The molecule has 1 saturated heterocycles. The molecule has 122 valence electrons. The van der Waals surface area contributed by atoms with Crippen molar-refractivity contribution in [3.05, 3.63) is 10.4 Å². The van der Waals surface area contributed by atoms with Crippen molar-refractivity contribution < 1.29 is 4.74 Å². The van der Waals surface area contributed by atoms with Gasteiger partial charge >= 0.3 is 139 Å². The maximum atomic E-state index is 12.0. The molecule has 3 N–H and O–H groups in total. The molecule has 0 aliphatic carbocycles. The zero-order valence-electron chi connectivity index (χ0n) is 13.7. The number of aromatic nitrogens is 2. The van der Waals surface area contributed by atoms with Crippen LogP contribution in [-0.4, -0.2) is 55.0 Å². The van der Waals surface area contributed by atoms with Crippen molar-refractivity contribution in [3.63, 3.8) is 0 Å². The summed E-state index contributed by atoms with van der Waals surface area (Å²) in [6.07, 6.45) is 7.36. The fourth-order valence-corrected chi connectivity index (χ4v) is 3.33. The van der Waals surface area contributed by atoms with Crippen molar-refractivity contribution in [2.24, 2.45) is 5.92 Å². The van der Waals surface area contributed by atoms with Gasteiger partial charge in [0.2, 0.25) is 0 Å². The summed E-state index contributed by atoms with van der Waals surface area (Å²) in [6.45, 7) is 6.57. The van der Waals surface area contributed by atoms with E-state index in [0.717, 1.165) is 12.8 Å². The van der Waals surface area contributed by atoms with E-state index in [-0.39, 0.29) is 23.8 Å². The van der Waals surface area contributed by atoms with Gasteiger partial charge in [-0.3, -0.25) is 0 Å². The van der Waals surface area contributed by atoms with Crippen LogP contribution in [0.2, 0.25) is 0 Å². The third-order valence-corrected chi connectivity index (χ3v) is 4.97. The number of rotatable bonds is 3. The maximum absolute atomic E-state index is 12.0. The Bertz CT molecular complexity index is 642. The van der Waals surface area contributed by atoms with E-state index >= 15 is 0 Å². The van der Waals surface area contributed by atoms with Crippen molar-refractivity contribution in [1.82, 2.24) is 9.97 Å². The number of nitrogens with zero attached hydrogens (tertiary/aromatic N) is 2. The number of fused-ring (bicyclic) bond motifs is 1. The molecular formula is C15H22N5O2Tl. The summed E-state index contributed by atoms with van der Waals surface area (Å²) in [5, 5.41) is 3.08. The molecule has 0 saturated carbocycles. The predicted molar refractivity (Wildman–Crippen MR) is 92.4 cm³/mol. The van der Waals surface area contributed by atoms with Crippen LogP contribution < -0.4 is 18.9 Å². The molecule has 1 fully saturated rings. The van der Waals surface area contributed by atoms with Crippen molar-refractivity contribution in [3.8, 4) is 12.3 Å². The quantitative estimate of drug-likeness (QED) is 0.421. The first-order chi connectivity index (χ1) is 11.2. The van der Waals surface area contributed by atoms with Gasteiger partial charge < -0.3 is 0 Å². The van der Waals surface area contributed by atoms with Crippen LogP contribution in [0.1, 0.15) is 33.6 Å². The van der Waals surface area contributed by atoms with Crippen molar-refractivity contribution in [2.45, 2.75) is 45.9 Å². The van der Waals surface area contributed by atoms with Crippen LogP contribution in [0, 0.1) is 18.3 Å². The van der Waals surface area contributed by atoms with Crippen molar-refractivity contribution in [2.75, 3.05) is 20.0 Å². The number of H-pyrrole nitrogens is 1. The first-order valence-electron chi connectivity index (χ1n) is 7.91. The Morgan fingerprint density at radius 3 is 2.91 bits per heavy atom. The first kappa shape index (κ1) is 18.1. The maximum Gasteiger partial charge on any atom is -0.0683 e. The minimum Gasteiger partial charge on any atom is -0.0683 e. The molecule has 8 heteroatoms. The Kier molecular flexibility index (Phi) is 6.29. The van der Waals surface area contributed by atoms with E-state index < -0.39 is 0 Å². The van der Waals surface area contributed by atoms with Crippen LogP contribution >= 0.6 is 0 Å². The van der Waals surface area contributed by atoms with Crippen LogP contribution in [0.25, 0.3) is 0 Å². The summed E-state index contributed by atoms with van der Waals surface area (Å²) >= 11 is 0.504. The van der Waals surface area contributed by atoms with Crippen molar-refractivity contribution in [1.29, 1.82) is 0 Å². The second kappa shape index (κ2) is 8.01. The normalized spacial score (nSPS) is 24.9. The topological polar surface area (TPSA) is 82.3 Å². The van der Waals surface area contributed by atoms with Gasteiger partial charge in [-0.1, -0.05) is 13.8 Å². The van der Waals surface area contributed by atoms with Gasteiger partial charge in [-0.05, 0) is 0 Å². The number of hydrogen-bond acceptors (Lipinski definition) is 6. The standard InChI is InChI=1S/C13H17N5O2.C2H6.Tl/c1-3-7-5-8(4-2)20-12(7)18-6-15-9-10(18)16-13(14)17-11(9)19;1-2;/h1,7-8,12,15H,4-6H2,2H3,(H3,14,16,17,19);1-2H3;/q;;+1/p-1. The third kappa shape index (κ3) is 3.47. The first-order valence-corrected chi connectivity index (χ1v) is 10.1. The van der Waals surface area contributed by atoms with E-state index in [0.29, 0.717) is 50.2 Å². The Balaban J connectivity index is 0.000000924. The Morgan fingerprint density at radius 1 is 1.57 bits per heavy atom. The van der Waals surface area contributed by atoms with Crippen molar-refractivity contribution >= 4 is 43.5 Å². The zero-order valence-corrected chi connectivity index (χ0v) is 18.2. The van der Waals surface area contributed by atoms with Crippen LogP contribution in [0.3, 0.4) is 0 Å². The number of ether oxygens (including phenoxy) is 1. The zero-order chi connectivity index (χ0) is 17.0. The van der Waals surface area contributed by atoms with Gasteiger partial charge in [0.15, 0.2) is 0 Å². The SMILES string of the molecule is C#CC1CC(CC)OC1N1CNc2c1nc([NH][Tl])[nH]c2=O.CC. The van der Waals surface area contributed by atoms with Gasteiger partial charge in [0.1, 0.15) is 0 Å². The molecule has 2 aliphatic heterocycles. The number of anilines is 3. The van der Waals surface area contributed by atoms with E-state index in [9.17, 15) is 4.79 Å². The van der Waals surface area contributed by atoms with Crippen LogP contribution in [-0.2, 0) is 4.74 Å². The molecule has 0 bridgehead atoms. The number of hydrogen-bond donors (Lipinski definition) is 3. The summed E-state index contributed by atoms with van der Waals surface area (Å²) < 4.78 is 9.07. The summed E-state index contributed by atoms with van der Waals surface area (Å²) in [7, 11) is 0.